The topological polar surface area (TPSA) is 117 Å². The highest BCUT2D eigenvalue weighted by Crippen LogP contribution is 2.43. The Balaban J connectivity index is 4.08. The van der Waals surface area contributed by atoms with Crippen LogP contribution < -0.4 is 5.73 Å². The van der Waals surface area contributed by atoms with Gasteiger partial charge >= 0.3 is 13.8 Å². The average Bonchev–Trinajstić information content (AvgIpc) is 3.07. The van der Waals surface area contributed by atoms with Gasteiger partial charge in [-0.15, -0.1) is 0 Å². The summed E-state index contributed by atoms with van der Waals surface area (Å²) in [5.41, 5.74) is 5.35. The van der Waals surface area contributed by atoms with Crippen LogP contribution in [0.2, 0.25) is 0 Å². The van der Waals surface area contributed by atoms with Crippen molar-refractivity contribution in [2.45, 2.75) is 206 Å². The molecule has 0 fully saturated rings. The fourth-order valence-corrected chi connectivity index (χ4v) is 6.55. The predicted molar refractivity (Wildman–Crippen MR) is 201 cm³/mol. The summed E-state index contributed by atoms with van der Waals surface area (Å²) in [5, 5.41) is 0. The molecule has 0 rings (SSSR count). The Morgan fingerprint density at radius 1 is 0.625 bits per heavy atom. The zero-order valence-corrected chi connectivity index (χ0v) is 32.4. The molecule has 8 nitrogen and oxygen atoms in total. The van der Waals surface area contributed by atoms with E-state index in [1.165, 1.54) is 148 Å². The third kappa shape index (κ3) is 36.4. The van der Waals surface area contributed by atoms with Gasteiger partial charge in [-0.2, -0.15) is 0 Å². The zero-order valence-electron chi connectivity index (χ0n) is 31.5. The van der Waals surface area contributed by atoms with Gasteiger partial charge in [0.05, 0.1) is 19.5 Å². The molecular weight excluding hydrogens is 625 g/mol. The van der Waals surface area contributed by atoms with Crippen molar-refractivity contribution >= 4 is 13.8 Å². The van der Waals surface area contributed by atoms with Crippen molar-refractivity contribution in [1.82, 2.24) is 0 Å². The van der Waals surface area contributed by atoms with Gasteiger partial charge in [-0.1, -0.05) is 174 Å². The molecule has 0 aromatic heterocycles. The van der Waals surface area contributed by atoms with Crippen LogP contribution in [0.4, 0.5) is 0 Å². The molecular formula is C39H78NO7P. The molecule has 2 unspecified atom stereocenters. The van der Waals surface area contributed by atoms with E-state index >= 15 is 0 Å². The lowest BCUT2D eigenvalue weighted by molar-refractivity contribution is -0.153. The van der Waals surface area contributed by atoms with Gasteiger partial charge < -0.3 is 20.1 Å². The summed E-state index contributed by atoms with van der Waals surface area (Å²) in [6.07, 6.45) is 38.9. The minimum absolute atomic E-state index is 0.0382. The summed E-state index contributed by atoms with van der Waals surface area (Å²) in [5.74, 6) is -0.350. The second kappa shape index (κ2) is 37.3. The maximum Gasteiger partial charge on any atom is 0.472 e. The van der Waals surface area contributed by atoms with E-state index in [0.717, 1.165) is 32.1 Å². The molecule has 286 valence electrons. The average molecular weight is 704 g/mol. The van der Waals surface area contributed by atoms with Gasteiger partial charge in [0.25, 0.3) is 0 Å². The fourth-order valence-electron chi connectivity index (χ4n) is 5.79. The van der Waals surface area contributed by atoms with Gasteiger partial charge in [0, 0.05) is 13.0 Å². The Bertz CT molecular complexity index is 752. The van der Waals surface area contributed by atoms with E-state index in [-0.39, 0.29) is 32.3 Å². The van der Waals surface area contributed by atoms with Gasteiger partial charge in [-0.25, -0.2) is 4.57 Å². The van der Waals surface area contributed by atoms with Gasteiger partial charge in [0.1, 0.15) is 6.61 Å². The van der Waals surface area contributed by atoms with E-state index in [2.05, 4.69) is 13.8 Å². The van der Waals surface area contributed by atoms with Crippen LogP contribution in [0.15, 0.2) is 12.3 Å². The highest BCUT2D eigenvalue weighted by atomic mass is 31.2. The molecule has 0 aromatic rings. The molecule has 0 saturated carbocycles. The first-order valence-electron chi connectivity index (χ1n) is 20.2. The summed E-state index contributed by atoms with van der Waals surface area (Å²) in [4.78, 5) is 22.4. The molecule has 0 radical (unpaired) electrons. The lowest BCUT2D eigenvalue weighted by Gasteiger charge is -2.19. The number of allylic oxidation sites excluding steroid dienone is 1. The van der Waals surface area contributed by atoms with Crippen molar-refractivity contribution < 1.29 is 32.8 Å². The van der Waals surface area contributed by atoms with Crippen LogP contribution in [0.1, 0.15) is 200 Å². The molecule has 0 spiro atoms. The summed E-state index contributed by atoms with van der Waals surface area (Å²) in [7, 11) is -4.28. The van der Waals surface area contributed by atoms with Crippen molar-refractivity contribution in [2.24, 2.45) is 5.73 Å². The summed E-state index contributed by atoms with van der Waals surface area (Å²) in [6, 6.07) is 0. The minimum Gasteiger partial charge on any atom is -0.498 e. The van der Waals surface area contributed by atoms with Crippen LogP contribution in [-0.2, 0) is 27.9 Å². The Morgan fingerprint density at radius 2 is 1.04 bits per heavy atom. The van der Waals surface area contributed by atoms with Gasteiger partial charge in [-0.05, 0) is 25.3 Å². The zero-order chi connectivity index (χ0) is 35.2. The summed E-state index contributed by atoms with van der Waals surface area (Å²) < 4.78 is 33.1. The van der Waals surface area contributed by atoms with Crippen LogP contribution in [0.25, 0.3) is 0 Å². The van der Waals surface area contributed by atoms with Crippen LogP contribution >= 0.6 is 7.82 Å². The van der Waals surface area contributed by atoms with E-state index in [1.54, 1.807) is 6.26 Å². The molecule has 0 aromatic carbocycles. The number of phosphoric ester groups is 1. The van der Waals surface area contributed by atoms with Gasteiger partial charge in [0.15, 0.2) is 6.10 Å². The molecule has 0 amide bonds. The number of unbranched alkanes of at least 4 members (excludes halogenated alkanes) is 26. The first-order chi connectivity index (χ1) is 23.4. The first-order valence-corrected chi connectivity index (χ1v) is 21.7. The number of hydrogen-bond donors (Lipinski definition) is 2. The Morgan fingerprint density at radius 3 is 1.48 bits per heavy atom. The number of nitrogens with two attached hydrogens (primary N) is 1. The summed E-state index contributed by atoms with van der Waals surface area (Å²) in [6.45, 7) is 4.26. The Labute approximate surface area is 296 Å². The standard InChI is InChI=1S/C39H78NO7P/c1-3-5-7-9-11-13-15-17-18-19-21-23-25-27-29-31-34-44-36-38(37-46-48(42,43)45-35-33-40)47-39(41)32-30-28-26-24-22-20-16-14-12-10-8-6-4-2/h31,34,38H,3-30,32-33,35-37,40H2,1-2H3,(H,42,43). The molecule has 9 heteroatoms. The molecule has 0 saturated heterocycles. The molecule has 0 aliphatic carbocycles. The smallest absolute Gasteiger partial charge is 0.472 e. The van der Waals surface area contributed by atoms with Crippen molar-refractivity contribution in [3.8, 4) is 0 Å². The number of carbonyl (C=O) groups is 1. The van der Waals surface area contributed by atoms with Crippen LogP contribution in [-0.4, -0.2) is 43.3 Å². The van der Waals surface area contributed by atoms with Crippen molar-refractivity contribution in [3.63, 3.8) is 0 Å². The van der Waals surface area contributed by atoms with Crippen LogP contribution in [0.3, 0.4) is 0 Å². The van der Waals surface area contributed by atoms with Crippen molar-refractivity contribution in [3.05, 3.63) is 12.3 Å². The second-order valence-corrected chi connectivity index (χ2v) is 15.0. The third-order valence-electron chi connectivity index (χ3n) is 8.78. The molecule has 0 heterocycles. The Kier molecular flexibility index (Phi) is 36.6. The minimum atomic E-state index is -4.28. The molecule has 3 N–H and O–H groups in total. The van der Waals surface area contributed by atoms with E-state index in [9.17, 15) is 14.3 Å². The van der Waals surface area contributed by atoms with E-state index in [4.69, 9.17) is 24.3 Å². The van der Waals surface area contributed by atoms with E-state index in [0.29, 0.717) is 6.42 Å². The number of rotatable bonds is 39. The van der Waals surface area contributed by atoms with Crippen LogP contribution in [0, 0.1) is 0 Å². The summed E-state index contributed by atoms with van der Waals surface area (Å²) >= 11 is 0. The number of ether oxygens (including phenoxy) is 2. The highest BCUT2D eigenvalue weighted by molar-refractivity contribution is 7.47. The molecule has 2 atom stereocenters. The van der Waals surface area contributed by atoms with Crippen molar-refractivity contribution in [1.29, 1.82) is 0 Å². The first kappa shape index (κ1) is 47.1. The maximum atomic E-state index is 12.5. The molecule has 0 bridgehead atoms. The van der Waals surface area contributed by atoms with E-state index < -0.39 is 13.9 Å². The predicted octanol–water partition coefficient (Wildman–Crippen LogP) is 11.9. The third-order valence-corrected chi connectivity index (χ3v) is 9.76. The van der Waals surface area contributed by atoms with Gasteiger partial charge in [-0.3, -0.25) is 13.8 Å². The van der Waals surface area contributed by atoms with Gasteiger partial charge in [0.2, 0.25) is 0 Å². The monoisotopic (exact) mass is 704 g/mol. The number of hydrogen-bond acceptors (Lipinski definition) is 7. The maximum absolute atomic E-state index is 12.5. The normalized spacial score (nSPS) is 13.6. The lowest BCUT2D eigenvalue weighted by atomic mass is 10.0. The quantitative estimate of drug-likeness (QED) is 0.0281. The SMILES string of the molecule is CCCCCCCCCCCCCCCCC=COCC(COP(=O)(O)OCCN)OC(=O)CCCCCCCCCCCCCCC. The fraction of sp³-hybridized carbons (Fsp3) is 0.923. The number of phosphoric acid groups is 1. The molecule has 0 aliphatic rings. The van der Waals surface area contributed by atoms with Crippen LogP contribution in [0.5, 0.6) is 0 Å². The number of carbonyl (C=O) groups excluding carboxylic acids is 1. The number of esters is 1. The molecule has 48 heavy (non-hydrogen) atoms. The second-order valence-electron chi connectivity index (χ2n) is 13.6. The molecule has 0 aliphatic heterocycles. The largest absolute Gasteiger partial charge is 0.498 e. The lowest BCUT2D eigenvalue weighted by Crippen LogP contribution is -2.27. The highest BCUT2D eigenvalue weighted by Gasteiger charge is 2.25. The van der Waals surface area contributed by atoms with E-state index in [1.807, 2.05) is 6.08 Å². The van der Waals surface area contributed by atoms with Crippen molar-refractivity contribution in [2.75, 3.05) is 26.4 Å². The Hall–Kier alpha value is -0.920.